The largest absolute Gasteiger partial charge is 0.403 e. The quantitative estimate of drug-likeness (QED) is 0.507. The van der Waals surface area contributed by atoms with Crippen molar-refractivity contribution >= 4 is 17.4 Å². The second-order valence-electron chi connectivity index (χ2n) is 5.31. The van der Waals surface area contributed by atoms with Crippen molar-refractivity contribution in [3.63, 3.8) is 0 Å². The van der Waals surface area contributed by atoms with Crippen LogP contribution in [0.1, 0.15) is 13.3 Å². The summed E-state index contributed by atoms with van der Waals surface area (Å²) in [5.74, 6) is 0. The van der Waals surface area contributed by atoms with Gasteiger partial charge in [-0.3, -0.25) is 0 Å². The summed E-state index contributed by atoms with van der Waals surface area (Å²) in [6.07, 6.45) is 1.64. The normalized spacial score (nSPS) is 23.2. The van der Waals surface area contributed by atoms with Gasteiger partial charge in [-0.2, -0.15) is 0 Å². The summed E-state index contributed by atoms with van der Waals surface area (Å²) in [7, 11) is -0.0808. The van der Waals surface area contributed by atoms with Gasteiger partial charge in [0, 0.05) is 0 Å². The van der Waals surface area contributed by atoms with E-state index < -0.39 is 17.4 Å². The fourth-order valence-electron chi connectivity index (χ4n) is 1.45. The Balaban J connectivity index is 2.39. The first-order valence-corrected chi connectivity index (χ1v) is 11.2. The molecule has 2 unspecified atom stereocenters. The van der Waals surface area contributed by atoms with Gasteiger partial charge in [0.25, 0.3) is 0 Å². The highest BCUT2D eigenvalue weighted by molar-refractivity contribution is 6.81. The maximum Gasteiger partial charge on any atom is 0.248 e. The van der Waals surface area contributed by atoms with Crippen molar-refractivity contribution in [1.29, 1.82) is 0 Å². The Hall–Kier alpha value is 0.314. The topological polar surface area (TPSA) is 25.0 Å². The maximum atomic E-state index is 6.07. The van der Waals surface area contributed by atoms with Crippen molar-refractivity contribution in [1.82, 2.24) is 4.23 Å². The highest BCUT2D eigenvalue weighted by Gasteiger charge is 2.31. The molecule has 2 atom stereocenters. The summed E-state index contributed by atoms with van der Waals surface area (Å²) in [5.41, 5.74) is 0. The summed E-state index contributed by atoms with van der Waals surface area (Å²) >= 11 is 0. The van der Waals surface area contributed by atoms with E-state index in [1.807, 2.05) is 0 Å². The summed E-state index contributed by atoms with van der Waals surface area (Å²) in [5, 5.41) is 0. The Bertz CT molecular complexity index is 192. The van der Waals surface area contributed by atoms with Crippen LogP contribution in [0, 0.1) is 0 Å². The predicted molar refractivity (Wildman–Crippen MR) is 69.0 cm³/mol. The van der Waals surface area contributed by atoms with Gasteiger partial charge in [-0.15, -0.1) is 0 Å². The first kappa shape index (κ1) is 13.4. The van der Waals surface area contributed by atoms with E-state index >= 15 is 0 Å². The zero-order valence-corrected chi connectivity index (χ0v) is 12.9. The van der Waals surface area contributed by atoms with Gasteiger partial charge in [0.15, 0.2) is 0 Å². The Morgan fingerprint density at radius 1 is 1.47 bits per heavy atom. The first-order valence-electron chi connectivity index (χ1n) is 5.91. The number of nitrogens with zero attached hydrogens (tertiary/aromatic N) is 1. The van der Waals surface area contributed by atoms with Crippen LogP contribution in [0.4, 0.5) is 0 Å². The molecule has 0 aromatic carbocycles. The van der Waals surface area contributed by atoms with Crippen LogP contribution >= 0.6 is 0 Å². The Morgan fingerprint density at radius 2 is 2.07 bits per heavy atom. The Morgan fingerprint density at radius 3 is 2.47 bits per heavy atom. The lowest BCUT2D eigenvalue weighted by atomic mass is 10.5. The molecule has 0 radical (unpaired) electrons. The van der Waals surface area contributed by atoms with Gasteiger partial charge in [-0.25, -0.2) is 0 Å². The smallest absolute Gasteiger partial charge is 0.248 e. The minimum atomic E-state index is -1.18. The number of hydrogen-bond donors (Lipinski definition) is 0. The van der Waals surface area contributed by atoms with Gasteiger partial charge in [0.05, 0.1) is 13.2 Å². The van der Waals surface area contributed by atoms with Gasteiger partial charge in [-0.05, 0) is 13.1 Å². The third-order valence-electron chi connectivity index (χ3n) is 2.90. The number of rotatable bonds is 7. The lowest BCUT2D eigenvalue weighted by Gasteiger charge is -2.36. The molecule has 1 aliphatic heterocycles. The summed E-state index contributed by atoms with van der Waals surface area (Å²) in [6.45, 7) is 11.1. The molecule has 1 heterocycles. The van der Waals surface area contributed by atoms with Crippen LogP contribution in [-0.4, -0.2) is 48.0 Å². The van der Waals surface area contributed by atoms with Crippen LogP contribution in [0.3, 0.4) is 0 Å². The third kappa shape index (κ3) is 4.78. The van der Waals surface area contributed by atoms with Gasteiger partial charge >= 0.3 is 0 Å². The van der Waals surface area contributed by atoms with Gasteiger partial charge < -0.3 is 13.4 Å². The second-order valence-corrected chi connectivity index (χ2v) is 13.5. The van der Waals surface area contributed by atoms with E-state index in [1.165, 1.54) is 12.5 Å². The molecule has 15 heavy (non-hydrogen) atoms. The molecule has 0 spiro atoms. The molecule has 0 aliphatic carbocycles. The van der Waals surface area contributed by atoms with Crippen molar-refractivity contribution in [2.75, 3.05) is 20.3 Å². The van der Waals surface area contributed by atoms with Crippen molar-refractivity contribution in [2.45, 2.75) is 45.1 Å². The molecule has 0 aromatic heterocycles. The SMILES string of the molecule is CCC[SiH](OCC1CO1)N(C)[Si](C)(C)C. The third-order valence-corrected chi connectivity index (χ3v) is 10.7. The van der Waals surface area contributed by atoms with Crippen LogP contribution in [0.15, 0.2) is 0 Å². The summed E-state index contributed by atoms with van der Waals surface area (Å²) < 4.78 is 13.8. The molecular weight excluding hydrogens is 222 g/mol. The van der Waals surface area contributed by atoms with E-state index in [2.05, 4.69) is 37.8 Å². The Kier molecular flexibility index (Phi) is 4.98. The highest BCUT2D eigenvalue weighted by Crippen LogP contribution is 2.16. The minimum absolute atomic E-state index is 0.409. The molecule has 0 N–H and O–H groups in total. The van der Waals surface area contributed by atoms with Gasteiger partial charge in [0.2, 0.25) is 9.20 Å². The molecule has 1 saturated heterocycles. The van der Waals surface area contributed by atoms with Crippen LogP contribution < -0.4 is 0 Å². The molecule has 90 valence electrons. The van der Waals surface area contributed by atoms with Crippen molar-refractivity contribution < 1.29 is 9.16 Å². The van der Waals surface area contributed by atoms with Crippen molar-refractivity contribution in [2.24, 2.45) is 0 Å². The fourth-order valence-corrected chi connectivity index (χ4v) is 7.23. The molecule has 0 saturated carbocycles. The fraction of sp³-hybridized carbons (Fsp3) is 1.00. The predicted octanol–water partition coefficient (Wildman–Crippen LogP) is 1.80. The summed E-state index contributed by atoms with van der Waals surface area (Å²) in [4.78, 5) is 0. The van der Waals surface area contributed by atoms with Gasteiger partial charge in [0.1, 0.15) is 14.3 Å². The zero-order chi connectivity index (χ0) is 11.5. The van der Waals surface area contributed by atoms with Crippen LogP contribution in [0.5, 0.6) is 0 Å². The standard InChI is InChI=1S/C10H25NO2Si2/c1-6-7-14(11(2)15(3,4)5)13-9-10-8-12-10/h10,14H,6-9H2,1-5H3. The van der Waals surface area contributed by atoms with Crippen LogP contribution in [-0.2, 0) is 9.16 Å². The number of ether oxygens (including phenoxy) is 1. The maximum absolute atomic E-state index is 6.07. The molecule has 5 heteroatoms. The highest BCUT2D eigenvalue weighted by atomic mass is 28.4. The average molecular weight is 247 g/mol. The van der Waals surface area contributed by atoms with E-state index in [4.69, 9.17) is 9.16 Å². The number of hydrogen-bond acceptors (Lipinski definition) is 3. The molecule has 1 fully saturated rings. The molecule has 1 rings (SSSR count). The lowest BCUT2D eigenvalue weighted by Crippen LogP contribution is -2.53. The zero-order valence-electron chi connectivity index (χ0n) is 10.7. The van der Waals surface area contributed by atoms with E-state index in [1.54, 1.807) is 0 Å². The minimum Gasteiger partial charge on any atom is -0.403 e. The second kappa shape index (κ2) is 5.59. The van der Waals surface area contributed by atoms with E-state index in [-0.39, 0.29) is 0 Å². The first-order chi connectivity index (χ1) is 6.95. The van der Waals surface area contributed by atoms with Crippen molar-refractivity contribution in [3.8, 4) is 0 Å². The van der Waals surface area contributed by atoms with E-state index in [9.17, 15) is 0 Å². The summed E-state index contributed by atoms with van der Waals surface area (Å²) in [6, 6.07) is 1.26. The van der Waals surface area contributed by atoms with Gasteiger partial charge in [-0.1, -0.05) is 33.0 Å². The van der Waals surface area contributed by atoms with E-state index in [0.29, 0.717) is 6.10 Å². The molecule has 0 amide bonds. The van der Waals surface area contributed by atoms with Crippen molar-refractivity contribution in [3.05, 3.63) is 0 Å². The van der Waals surface area contributed by atoms with Crippen LogP contribution in [0.2, 0.25) is 25.7 Å². The Labute approximate surface area is 96.6 Å². The molecule has 1 aliphatic rings. The molecular formula is C10H25NO2Si2. The molecule has 3 nitrogen and oxygen atoms in total. The monoisotopic (exact) mass is 247 g/mol. The molecule has 0 aromatic rings. The lowest BCUT2D eigenvalue weighted by molar-refractivity contribution is 0.248. The van der Waals surface area contributed by atoms with E-state index in [0.717, 1.165) is 13.2 Å². The molecule has 0 bridgehead atoms. The average Bonchev–Trinajstić information content (AvgIpc) is 2.93. The number of epoxide rings is 1. The van der Waals surface area contributed by atoms with Crippen LogP contribution in [0.25, 0.3) is 0 Å².